The lowest BCUT2D eigenvalue weighted by Gasteiger charge is -2.15. The van der Waals surface area contributed by atoms with Crippen LogP contribution in [0.25, 0.3) is 10.8 Å². The van der Waals surface area contributed by atoms with E-state index in [4.69, 9.17) is 0 Å². The lowest BCUT2D eigenvalue weighted by molar-refractivity contribution is -0.121. The van der Waals surface area contributed by atoms with Gasteiger partial charge in [-0.05, 0) is 24.4 Å². The van der Waals surface area contributed by atoms with Crippen LogP contribution in [-0.2, 0) is 4.79 Å². The normalized spacial score (nSPS) is 12.2. The van der Waals surface area contributed by atoms with Crippen molar-refractivity contribution < 1.29 is 4.79 Å². The van der Waals surface area contributed by atoms with Gasteiger partial charge in [-0.15, -0.1) is 0 Å². The molecular formula is C19H18N4O. The molecule has 1 heterocycles. The summed E-state index contributed by atoms with van der Waals surface area (Å²) in [6, 6.07) is 17.3. The number of amides is 1. The average Bonchev–Trinajstić information content (AvgIpc) is 2.63. The first-order valence-corrected chi connectivity index (χ1v) is 7.71. The molecule has 120 valence electrons. The summed E-state index contributed by atoms with van der Waals surface area (Å²) in [5.74, 6) is -0.205. The van der Waals surface area contributed by atoms with E-state index in [0.29, 0.717) is 0 Å². The maximum atomic E-state index is 12.2. The Balaban J connectivity index is 1.64. The lowest BCUT2D eigenvalue weighted by atomic mass is 10.1. The highest BCUT2D eigenvalue weighted by atomic mass is 16.2. The molecule has 1 atom stereocenters. The number of hydrogen-bond acceptors (Lipinski definition) is 4. The molecule has 0 saturated carbocycles. The highest BCUT2D eigenvalue weighted by Crippen LogP contribution is 2.23. The molecule has 1 aromatic heterocycles. The Bertz CT molecular complexity index is 856. The van der Waals surface area contributed by atoms with E-state index in [1.54, 1.807) is 25.5 Å². The van der Waals surface area contributed by atoms with Crippen LogP contribution >= 0.6 is 0 Å². The Hall–Kier alpha value is -3.21. The monoisotopic (exact) mass is 318 g/mol. The van der Waals surface area contributed by atoms with Crippen molar-refractivity contribution in [1.82, 2.24) is 10.4 Å². The second kappa shape index (κ2) is 7.37. The highest BCUT2D eigenvalue weighted by Gasteiger charge is 2.12. The summed E-state index contributed by atoms with van der Waals surface area (Å²) in [5.41, 5.74) is 4.29. The third kappa shape index (κ3) is 3.76. The zero-order valence-electron chi connectivity index (χ0n) is 13.3. The molecule has 0 saturated heterocycles. The highest BCUT2D eigenvalue weighted by molar-refractivity contribution is 5.96. The number of aromatic nitrogens is 1. The summed E-state index contributed by atoms with van der Waals surface area (Å²) in [4.78, 5) is 16.2. The van der Waals surface area contributed by atoms with Gasteiger partial charge in [0.2, 0.25) is 0 Å². The third-order valence-corrected chi connectivity index (χ3v) is 3.63. The molecule has 2 N–H and O–H groups in total. The fourth-order valence-electron chi connectivity index (χ4n) is 2.37. The number of anilines is 1. The standard InChI is InChI=1S/C19H18N4O/c1-14(19(24)23-21-13-15-6-5-11-20-12-15)22-18-10-4-8-16-7-2-3-9-17(16)18/h2-14,22H,1H3,(H,23,24)/b21-13-/t14-/m0/s1. The summed E-state index contributed by atoms with van der Waals surface area (Å²) in [6.45, 7) is 1.80. The van der Waals surface area contributed by atoms with Gasteiger partial charge >= 0.3 is 0 Å². The lowest BCUT2D eigenvalue weighted by Crippen LogP contribution is -2.34. The van der Waals surface area contributed by atoms with Crippen molar-refractivity contribution in [1.29, 1.82) is 0 Å². The number of hydrazone groups is 1. The molecule has 0 radical (unpaired) electrons. The number of hydrogen-bond donors (Lipinski definition) is 2. The number of rotatable bonds is 5. The smallest absolute Gasteiger partial charge is 0.262 e. The van der Waals surface area contributed by atoms with Crippen LogP contribution < -0.4 is 10.7 Å². The Kier molecular flexibility index (Phi) is 4.81. The Morgan fingerprint density at radius 1 is 1.12 bits per heavy atom. The topological polar surface area (TPSA) is 66.4 Å². The molecule has 0 spiro atoms. The van der Waals surface area contributed by atoms with Crippen LogP contribution in [0.3, 0.4) is 0 Å². The van der Waals surface area contributed by atoms with E-state index in [1.165, 1.54) is 0 Å². The van der Waals surface area contributed by atoms with Gasteiger partial charge in [-0.2, -0.15) is 5.10 Å². The van der Waals surface area contributed by atoms with E-state index >= 15 is 0 Å². The summed E-state index contributed by atoms with van der Waals surface area (Å²) < 4.78 is 0. The van der Waals surface area contributed by atoms with Crippen molar-refractivity contribution in [2.45, 2.75) is 13.0 Å². The van der Waals surface area contributed by atoms with Gasteiger partial charge in [0.05, 0.1) is 6.21 Å². The van der Waals surface area contributed by atoms with Crippen LogP contribution in [0.1, 0.15) is 12.5 Å². The molecule has 0 aliphatic rings. The van der Waals surface area contributed by atoms with Crippen LogP contribution in [0, 0.1) is 0 Å². The quantitative estimate of drug-likeness (QED) is 0.561. The first-order valence-electron chi connectivity index (χ1n) is 7.71. The number of carbonyl (C=O) groups excluding carboxylic acids is 1. The predicted molar refractivity (Wildman–Crippen MR) is 97.0 cm³/mol. The molecule has 24 heavy (non-hydrogen) atoms. The minimum Gasteiger partial charge on any atom is -0.373 e. The van der Waals surface area contributed by atoms with Crippen LogP contribution in [0.5, 0.6) is 0 Å². The second-order valence-electron chi connectivity index (χ2n) is 5.41. The van der Waals surface area contributed by atoms with Gasteiger partial charge in [0.25, 0.3) is 5.91 Å². The first-order chi connectivity index (χ1) is 11.7. The van der Waals surface area contributed by atoms with Crippen molar-refractivity contribution in [2.24, 2.45) is 5.10 Å². The molecule has 5 heteroatoms. The zero-order chi connectivity index (χ0) is 16.8. The molecule has 1 amide bonds. The minimum absolute atomic E-state index is 0.205. The van der Waals surface area contributed by atoms with Crippen molar-refractivity contribution >= 4 is 28.6 Å². The van der Waals surface area contributed by atoms with E-state index < -0.39 is 6.04 Å². The summed E-state index contributed by atoms with van der Waals surface area (Å²) >= 11 is 0. The Morgan fingerprint density at radius 3 is 2.79 bits per heavy atom. The summed E-state index contributed by atoms with van der Waals surface area (Å²) in [7, 11) is 0. The van der Waals surface area contributed by atoms with E-state index in [2.05, 4.69) is 20.8 Å². The van der Waals surface area contributed by atoms with Crippen molar-refractivity contribution in [3.8, 4) is 0 Å². The number of fused-ring (bicyclic) bond motifs is 1. The molecule has 0 bridgehead atoms. The van der Waals surface area contributed by atoms with Crippen LogP contribution in [0.2, 0.25) is 0 Å². The van der Waals surface area contributed by atoms with E-state index in [-0.39, 0.29) is 5.91 Å². The van der Waals surface area contributed by atoms with E-state index in [9.17, 15) is 4.79 Å². The van der Waals surface area contributed by atoms with Crippen LogP contribution in [0.15, 0.2) is 72.1 Å². The zero-order valence-corrected chi connectivity index (χ0v) is 13.3. The van der Waals surface area contributed by atoms with Gasteiger partial charge < -0.3 is 5.32 Å². The van der Waals surface area contributed by atoms with Crippen molar-refractivity contribution in [3.63, 3.8) is 0 Å². The largest absolute Gasteiger partial charge is 0.373 e. The number of carbonyl (C=O) groups is 1. The van der Waals surface area contributed by atoms with Gasteiger partial charge in [-0.1, -0.05) is 42.5 Å². The Labute approximate surface area is 140 Å². The molecule has 0 fully saturated rings. The molecular weight excluding hydrogens is 300 g/mol. The fraction of sp³-hybridized carbons (Fsp3) is 0.105. The molecule has 5 nitrogen and oxygen atoms in total. The number of pyridine rings is 1. The molecule has 3 rings (SSSR count). The second-order valence-corrected chi connectivity index (χ2v) is 5.41. The minimum atomic E-state index is -0.415. The molecule has 0 aliphatic carbocycles. The van der Waals surface area contributed by atoms with Gasteiger partial charge in [0.15, 0.2) is 0 Å². The first kappa shape index (κ1) is 15.7. The molecule has 0 unspecified atom stereocenters. The number of benzene rings is 2. The number of nitrogens with one attached hydrogen (secondary N) is 2. The predicted octanol–water partition coefficient (Wildman–Crippen LogP) is 3.19. The maximum Gasteiger partial charge on any atom is 0.262 e. The van der Waals surface area contributed by atoms with Crippen LogP contribution in [-0.4, -0.2) is 23.1 Å². The fourth-order valence-corrected chi connectivity index (χ4v) is 2.37. The van der Waals surface area contributed by atoms with Gasteiger partial charge in [0, 0.05) is 29.0 Å². The van der Waals surface area contributed by atoms with E-state index in [0.717, 1.165) is 22.0 Å². The maximum absolute atomic E-state index is 12.2. The number of nitrogens with zero attached hydrogens (tertiary/aromatic N) is 2. The molecule has 3 aromatic rings. The summed E-state index contributed by atoms with van der Waals surface area (Å²) in [6.07, 6.45) is 4.93. The van der Waals surface area contributed by atoms with Crippen LogP contribution in [0.4, 0.5) is 5.69 Å². The molecule has 0 aliphatic heterocycles. The Morgan fingerprint density at radius 2 is 1.96 bits per heavy atom. The van der Waals surface area contributed by atoms with Gasteiger partial charge in [-0.25, -0.2) is 5.43 Å². The van der Waals surface area contributed by atoms with Crippen molar-refractivity contribution in [3.05, 3.63) is 72.6 Å². The van der Waals surface area contributed by atoms with E-state index in [1.807, 2.05) is 54.6 Å². The SMILES string of the molecule is C[C@H](Nc1cccc2ccccc12)C(=O)N/N=C\c1cccnc1. The van der Waals surface area contributed by atoms with Gasteiger partial charge in [0.1, 0.15) is 6.04 Å². The van der Waals surface area contributed by atoms with Crippen molar-refractivity contribution in [2.75, 3.05) is 5.32 Å². The average molecular weight is 318 g/mol. The van der Waals surface area contributed by atoms with Gasteiger partial charge in [-0.3, -0.25) is 9.78 Å². The summed E-state index contributed by atoms with van der Waals surface area (Å²) in [5, 5.41) is 9.41. The third-order valence-electron chi connectivity index (χ3n) is 3.63. The molecule has 2 aromatic carbocycles.